The van der Waals surface area contributed by atoms with Crippen molar-refractivity contribution in [3.05, 3.63) is 64.4 Å². The zero-order valence-corrected chi connectivity index (χ0v) is 12.3. The van der Waals surface area contributed by atoms with Gasteiger partial charge < -0.3 is 4.74 Å². The maximum absolute atomic E-state index is 12.1. The second kappa shape index (κ2) is 5.61. The molecule has 0 saturated heterocycles. The van der Waals surface area contributed by atoms with E-state index >= 15 is 0 Å². The lowest BCUT2D eigenvalue weighted by molar-refractivity contribution is 0.0476. The molecule has 0 aliphatic heterocycles. The van der Waals surface area contributed by atoms with Gasteiger partial charge in [-0.1, -0.05) is 36.9 Å². The minimum atomic E-state index is -0.258. The molecule has 3 rings (SSSR count). The van der Waals surface area contributed by atoms with Gasteiger partial charge in [-0.15, -0.1) is 22.7 Å². The molecule has 0 atom stereocenters. The van der Waals surface area contributed by atoms with E-state index in [0.717, 1.165) is 20.5 Å². The molecule has 0 aliphatic rings. The molecule has 1 aromatic carbocycles. The van der Waals surface area contributed by atoms with Crippen molar-refractivity contribution in [1.29, 1.82) is 0 Å². The summed E-state index contributed by atoms with van der Waals surface area (Å²) in [7, 11) is 0. The summed E-state index contributed by atoms with van der Waals surface area (Å²) in [5.74, 6) is -0.258. The number of ether oxygens (including phenoxy) is 1. The van der Waals surface area contributed by atoms with E-state index in [1.807, 2.05) is 41.1 Å². The number of carbonyl (C=O) groups is 1. The molecule has 0 bridgehead atoms. The van der Waals surface area contributed by atoms with Gasteiger partial charge in [0.2, 0.25) is 0 Å². The number of carbonyl (C=O) groups excluding carboxylic acids is 1. The summed E-state index contributed by atoms with van der Waals surface area (Å²) >= 11 is 3.15. The molecule has 20 heavy (non-hydrogen) atoms. The smallest absolute Gasteiger partial charge is 0.340 e. The van der Waals surface area contributed by atoms with Crippen molar-refractivity contribution in [2.45, 2.75) is 6.61 Å². The standard InChI is InChI=1S/C16H12O2S2/c1-2-11-3-5-12(6-4-11)9-18-16(17)13-10-20-14-7-8-19-15(13)14/h2-8,10H,1,9H2. The van der Waals surface area contributed by atoms with Crippen LogP contribution < -0.4 is 0 Å². The van der Waals surface area contributed by atoms with E-state index in [4.69, 9.17) is 4.74 Å². The van der Waals surface area contributed by atoms with Crippen LogP contribution in [-0.2, 0) is 11.3 Å². The predicted molar refractivity (Wildman–Crippen MR) is 85.4 cm³/mol. The van der Waals surface area contributed by atoms with Crippen LogP contribution >= 0.6 is 22.7 Å². The van der Waals surface area contributed by atoms with Gasteiger partial charge in [0.25, 0.3) is 0 Å². The monoisotopic (exact) mass is 300 g/mol. The molecule has 0 amide bonds. The molecular weight excluding hydrogens is 288 g/mol. The second-order valence-corrected chi connectivity index (χ2v) is 6.11. The molecule has 2 heterocycles. The molecule has 2 nitrogen and oxygen atoms in total. The van der Waals surface area contributed by atoms with E-state index in [-0.39, 0.29) is 5.97 Å². The van der Waals surface area contributed by atoms with Crippen molar-refractivity contribution in [1.82, 2.24) is 0 Å². The molecule has 100 valence electrons. The summed E-state index contributed by atoms with van der Waals surface area (Å²) in [6.45, 7) is 4.00. The van der Waals surface area contributed by atoms with Crippen molar-refractivity contribution in [2.24, 2.45) is 0 Å². The van der Waals surface area contributed by atoms with Crippen LogP contribution in [0.2, 0.25) is 0 Å². The Hall–Kier alpha value is -1.91. The zero-order chi connectivity index (χ0) is 13.9. The highest BCUT2D eigenvalue weighted by Crippen LogP contribution is 2.31. The lowest BCUT2D eigenvalue weighted by atomic mass is 10.1. The average Bonchev–Trinajstić information content (AvgIpc) is 3.08. The van der Waals surface area contributed by atoms with Crippen LogP contribution in [0.15, 0.2) is 47.7 Å². The largest absolute Gasteiger partial charge is 0.457 e. The Morgan fingerprint density at radius 2 is 2.00 bits per heavy atom. The highest BCUT2D eigenvalue weighted by molar-refractivity contribution is 7.26. The number of thiophene rings is 2. The minimum absolute atomic E-state index is 0.258. The van der Waals surface area contributed by atoms with E-state index in [1.165, 1.54) is 0 Å². The summed E-state index contributed by atoms with van der Waals surface area (Å²) in [6.07, 6.45) is 1.79. The quantitative estimate of drug-likeness (QED) is 0.636. The summed E-state index contributed by atoms with van der Waals surface area (Å²) in [4.78, 5) is 12.1. The van der Waals surface area contributed by atoms with E-state index in [2.05, 4.69) is 6.58 Å². The van der Waals surface area contributed by atoms with Gasteiger partial charge in [-0.25, -0.2) is 4.79 Å². The fourth-order valence-corrected chi connectivity index (χ4v) is 3.95. The third kappa shape index (κ3) is 2.53. The molecule has 0 fully saturated rings. The molecule has 0 N–H and O–H groups in total. The Morgan fingerprint density at radius 3 is 2.75 bits per heavy atom. The van der Waals surface area contributed by atoms with Gasteiger partial charge in [0, 0.05) is 10.1 Å². The molecule has 3 aromatic rings. The molecule has 0 unspecified atom stereocenters. The molecular formula is C16H12O2S2. The maximum Gasteiger partial charge on any atom is 0.340 e. The first-order chi connectivity index (χ1) is 9.78. The van der Waals surface area contributed by atoms with Gasteiger partial charge in [0.15, 0.2) is 0 Å². The SMILES string of the molecule is C=Cc1ccc(COC(=O)c2csc3ccsc23)cc1. The number of hydrogen-bond donors (Lipinski definition) is 0. The third-order valence-corrected chi connectivity index (χ3v) is 5.01. The van der Waals surface area contributed by atoms with E-state index in [0.29, 0.717) is 12.2 Å². The number of rotatable bonds is 4. The molecule has 0 spiro atoms. The van der Waals surface area contributed by atoms with Crippen molar-refractivity contribution in [3.63, 3.8) is 0 Å². The van der Waals surface area contributed by atoms with Crippen LogP contribution in [0.3, 0.4) is 0 Å². The first-order valence-corrected chi connectivity index (χ1v) is 7.87. The van der Waals surface area contributed by atoms with Crippen molar-refractivity contribution < 1.29 is 9.53 Å². The highest BCUT2D eigenvalue weighted by atomic mass is 32.1. The van der Waals surface area contributed by atoms with Crippen LogP contribution in [0.1, 0.15) is 21.5 Å². The summed E-state index contributed by atoms with van der Waals surface area (Å²) in [5.41, 5.74) is 2.70. The number of hydrogen-bond acceptors (Lipinski definition) is 4. The minimum Gasteiger partial charge on any atom is -0.457 e. The molecule has 0 radical (unpaired) electrons. The maximum atomic E-state index is 12.1. The Kier molecular flexibility index (Phi) is 3.67. The van der Waals surface area contributed by atoms with Crippen LogP contribution in [0.4, 0.5) is 0 Å². The second-order valence-electron chi connectivity index (χ2n) is 4.29. The Bertz CT molecular complexity index is 750. The van der Waals surface area contributed by atoms with Crippen LogP contribution in [0.5, 0.6) is 0 Å². The van der Waals surface area contributed by atoms with Crippen LogP contribution in [0.25, 0.3) is 15.5 Å². The lowest BCUT2D eigenvalue weighted by Crippen LogP contribution is -2.04. The fourth-order valence-electron chi connectivity index (χ4n) is 1.88. The van der Waals surface area contributed by atoms with Crippen LogP contribution in [-0.4, -0.2) is 5.97 Å². The highest BCUT2D eigenvalue weighted by Gasteiger charge is 2.14. The van der Waals surface area contributed by atoms with Crippen molar-refractivity contribution >= 4 is 44.1 Å². The van der Waals surface area contributed by atoms with Crippen molar-refractivity contribution in [2.75, 3.05) is 0 Å². The van der Waals surface area contributed by atoms with Gasteiger partial charge in [-0.05, 0) is 22.6 Å². The molecule has 0 saturated carbocycles. The Labute approximate surface area is 124 Å². The normalized spacial score (nSPS) is 10.6. The summed E-state index contributed by atoms with van der Waals surface area (Å²) in [5, 5.41) is 3.86. The van der Waals surface area contributed by atoms with Gasteiger partial charge in [-0.3, -0.25) is 0 Å². The average molecular weight is 300 g/mol. The molecule has 2 aromatic heterocycles. The van der Waals surface area contributed by atoms with Gasteiger partial charge in [0.1, 0.15) is 6.61 Å². The number of esters is 1. The predicted octanol–water partition coefficient (Wildman–Crippen LogP) is 4.96. The fraction of sp³-hybridized carbons (Fsp3) is 0.0625. The van der Waals surface area contributed by atoms with Crippen molar-refractivity contribution in [3.8, 4) is 0 Å². The Morgan fingerprint density at radius 1 is 1.20 bits per heavy atom. The van der Waals surface area contributed by atoms with E-state index < -0.39 is 0 Å². The first-order valence-electron chi connectivity index (χ1n) is 6.11. The van der Waals surface area contributed by atoms with Gasteiger partial charge in [0.05, 0.1) is 10.3 Å². The molecule has 4 heteroatoms. The third-order valence-electron chi connectivity index (χ3n) is 2.98. The first kappa shape index (κ1) is 13.1. The zero-order valence-electron chi connectivity index (χ0n) is 10.7. The van der Waals surface area contributed by atoms with Crippen LogP contribution in [0, 0.1) is 0 Å². The van der Waals surface area contributed by atoms with Gasteiger partial charge >= 0.3 is 5.97 Å². The summed E-state index contributed by atoms with van der Waals surface area (Å²) in [6, 6.07) is 9.82. The summed E-state index contributed by atoms with van der Waals surface area (Å²) < 4.78 is 7.52. The van der Waals surface area contributed by atoms with E-state index in [9.17, 15) is 4.79 Å². The lowest BCUT2D eigenvalue weighted by Gasteiger charge is -2.04. The Balaban J connectivity index is 1.70. The van der Waals surface area contributed by atoms with E-state index in [1.54, 1.807) is 28.7 Å². The van der Waals surface area contributed by atoms with Gasteiger partial charge in [-0.2, -0.15) is 0 Å². The number of fused-ring (bicyclic) bond motifs is 1. The molecule has 0 aliphatic carbocycles. The number of benzene rings is 1. The topological polar surface area (TPSA) is 26.3 Å².